The predicted octanol–water partition coefficient (Wildman–Crippen LogP) is 2.80. The number of halogens is 1. The average Bonchev–Trinajstić information content (AvgIpc) is 2.67. The Morgan fingerprint density at radius 1 is 1.42 bits per heavy atom. The molecular formula is C14H15ClN2O2. The van der Waals surface area contributed by atoms with Crippen LogP contribution >= 0.6 is 11.6 Å². The normalized spacial score (nSPS) is 10.5. The Balaban J connectivity index is 1.92. The fourth-order valence-electron chi connectivity index (χ4n) is 1.84. The summed E-state index contributed by atoms with van der Waals surface area (Å²) >= 11 is 5.88. The van der Waals surface area contributed by atoms with E-state index in [1.807, 2.05) is 26.0 Å². The van der Waals surface area contributed by atoms with Gasteiger partial charge in [-0.1, -0.05) is 28.9 Å². The molecule has 4 nitrogen and oxygen atoms in total. The molecule has 1 aromatic carbocycles. The minimum absolute atomic E-state index is 0.0535. The number of aromatic nitrogens is 1. The number of aryl methyl sites for hydroxylation is 2. The molecule has 5 heteroatoms. The first kappa shape index (κ1) is 13.6. The van der Waals surface area contributed by atoms with Crippen LogP contribution in [0.2, 0.25) is 5.02 Å². The summed E-state index contributed by atoms with van der Waals surface area (Å²) in [5, 5.41) is 7.33. The molecule has 1 aromatic heterocycles. The molecule has 1 heterocycles. The van der Waals surface area contributed by atoms with Crippen molar-refractivity contribution in [1.29, 1.82) is 0 Å². The zero-order chi connectivity index (χ0) is 13.8. The quantitative estimate of drug-likeness (QED) is 0.936. The zero-order valence-electron chi connectivity index (χ0n) is 10.9. The van der Waals surface area contributed by atoms with Crippen molar-refractivity contribution in [3.63, 3.8) is 0 Å². The summed E-state index contributed by atoms with van der Waals surface area (Å²) in [6.07, 6.45) is 0.309. The van der Waals surface area contributed by atoms with Crippen molar-refractivity contribution in [3.8, 4) is 0 Å². The predicted molar refractivity (Wildman–Crippen MR) is 73.0 cm³/mol. The maximum Gasteiger partial charge on any atom is 0.224 e. The van der Waals surface area contributed by atoms with Crippen LogP contribution < -0.4 is 5.32 Å². The van der Waals surface area contributed by atoms with E-state index in [4.69, 9.17) is 16.1 Å². The lowest BCUT2D eigenvalue weighted by Crippen LogP contribution is -2.25. The smallest absolute Gasteiger partial charge is 0.224 e. The molecule has 2 rings (SSSR count). The lowest BCUT2D eigenvalue weighted by atomic mass is 10.1. The summed E-state index contributed by atoms with van der Waals surface area (Å²) in [5.41, 5.74) is 2.63. The fourth-order valence-corrected chi connectivity index (χ4v) is 2.05. The van der Waals surface area contributed by atoms with Gasteiger partial charge in [-0.15, -0.1) is 0 Å². The number of amides is 1. The van der Waals surface area contributed by atoms with Gasteiger partial charge in [0.15, 0.2) is 0 Å². The Labute approximate surface area is 116 Å². The van der Waals surface area contributed by atoms with Gasteiger partial charge in [0.2, 0.25) is 5.91 Å². The third kappa shape index (κ3) is 3.58. The third-order valence-corrected chi connectivity index (χ3v) is 3.13. The highest BCUT2D eigenvalue weighted by molar-refractivity contribution is 6.30. The van der Waals surface area contributed by atoms with Gasteiger partial charge >= 0.3 is 0 Å². The SMILES string of the molecule is Cc1noc(C)c1CNC(=O)Cc1cccc(Cl)c1. The van der Waals surface area contributed by atoms with Gasteiger partial charge in [0.05, 0.1) is 12.1 Å². The van der Waals surface area contributed by atoms with E-state index in [2.05, 4.69) is 10.5 Å². The van der Waals surface area contributed by atoms with E-state index < -0.39 is 0 Å². The van der Waals surface area contributed by atoms with Gasteiger partial charge in [-0.05, 0) is 31.5 Å². The second kappa shape index (κ2) is 5.89. The molecule has 1 amide bonds. The number of nitrogens with one attached hydrogen (secondary N) is 1. The molecule has 0 fully saturated rings. The molecule has 100 valence electrons. The van der Waals surface area contributed by atoms with Gasteiger partial charge in [-0.3, -0.25) is 4.79 Å². The van der Waals surface area contributed by atoms with Crippen molar-refractivity contribution in [1.82, 2.24) is 10.5 Å². The van der Waals surface area contributed by atoms with Crippen molar-refractivity contribution in [2.75, 3.05) is 0 Å². The van der Waals surface area contributed by atoms with E-state index in [-0.39, 0.29) is 5.91 Å². The number of carbonyl (C=O) groups is 1. The van der Waals surface area contributed by atoms with Crippen molar-refractivity contribution in [2.45, 2.75) is 26.8 Å². The summed E-state index contributed by atoms with van der Waals surface area (Å²) in [7, 11) is 0. The van der Waals surface area contributed by atoms with E-state index in [1.165, 1.54) is 0 Å². The van der Waals surface area contributed by atoms with Gasteiger partial charge < -0.3 is 9.84 Å². The Morgan fingerprint density at radius 3 is 2.84 bits per heavy atom. The monoisotopic (exact) mass is 278 g/mol. The van der Waals surface area contributed by atoms with Gasteiger partial charge in [0, 0.05) is 17.1 Å². The van der Waals surface area contributed by atoms with Crippen molar-refractivity contribution in [2.24, 2.45) is 0 Å². The van der Waals surface area contributed by atoms with Crippen molar-refractivity contribution >= 4 is 17.5 Å². The molecule has 0 aliphatic heterocycles. The first-order valence-corrected chi connectivity index (χ1v) is 6.37. The second-order valence-electron chi connectivity index (χ2n) is 4.39. The van der Waals surface area contributed by atoms with E-state index in [9.17, 15) is 4.79 Å². The first-order chi connectivity index (χ1) is 9.06. The summed E-state index contributed by atoms with van der Waals surface area (Å²) < 4.78 is 5.04. The molecule has 0 aliphatic rings. The second-order valence-corrected chi connectivity index (χ2v) is 4.82. The highest BCUT2D eigenvalue weighted by Crippen LogP contribution is 2.13. The molecule has 0 aliphatic carbocycles. The highest BCUT2D eigenvalue weighted by atomic mass is 35.5. The summed E-state index contributed by atoms with van der Waals surface area (Å²) in [6.45, 7) is 4.12. The van der Waals surface area contributed by atoms with E-state index in [1.54, 1.807) is 12.1 Å². The van der Waals surface area contributed by atoms with Crippen LogP contribution in [-0.4, -0.2) is 11.1 Å². The number of benzene rings is 1. The van der Waals surface area contributed by atoms with Crippen molar-refractivity contribution < 1.29 is 9.32 Å². The number of hydrogen-bond acceptors (Lipinski definition) is 3. The number of rotatable bonds is 4. The molecular weight excluding hydrogens is 264 g/mol. The molecule has 2 aromatic rings. The maximum atomic E-state index is 11.8. The highest BCUT2D eigenvalue weighted by Gasteiger charge is 2.10. The van der Waals surface area contributed by atoms with Gasteiger partial charge in [-0.2, -0.15) is 0 Å². The molecule has 0 unspecified atom stereocenters. The Bertz CT molecular complexity index is 573. The topological polar surface area (TPSA) is 55.1 Å². The zero-order valence-corrected chi connectivity index (χ0v) is 11.6. The summed E-state index contributed by atoms with van der Waals surface area (Å²) in [5.74, 6) is 0.683. The molecule has 0 bridgehead atoms. The van der Waals surface area contributed by atoms with Crippen molar-refractivity contribution in [3.05, 3.63) is 51.9 Å². The van der Waals surface area contributed by atoms with Gasteiger partial charge in [0.1, 0.15) is 5.76 Å². The largest absolute Gasteiger partial charge is 0.361 e. The third-order valence-electron chi connectivity index (χ3n) is 2.90. The Kier molecular flexibility index (Phi) is 4.22. The molecule has 0 radical (unpaired) electrons. The molecule has 0 spiro atoms. The van der Waals surface area contributed by atoms with Crippen LogP contribution in [0.1, 0.15) is 22.6 Å². The van der Waals surface area contributed by atoms with Crippen LogP contribution in [0.15, 0.2) is 28.8 Å². The van der Waals surface area contributed by atoms with E-state index in [0.717, 1.165) is 22.6 Å². The average molecular weight is 279 g/mol. The van der Waals surface area contributed by atoms with Crippen LogP contribution in [0, 0.1) is 13.8 Å². The molecule has 19 heavy (non-hydrogen) atoms. The molecule has 1 N–H and O–H groups in total. The van der Waals surface area contributed by atoms with Gasteiger partial charge in [0.25, 0.3) is 0 Å². The van der Waals surface area contributed by atoms with Crippen LogP contribution in [0.4, 0.5) is 0 Å². The van der Waals surface area contributed by atoms with Crippen LogP contribution in [0.3, 0.4) is 0 Å². The standard InChI is InChI=1S/C14H15ClN2O2/c1-9-13(10(2)19-17-9)8-16-14(18)7-11-4-3-5-12(15)6-11/h3-6H,7-8H2,1-2H3,(H,16,18). The summed E-state index contributed by atoms with van der Waals surface area (Å²) in [4.78, 5) is 11.8. The van der Waals surface area contributed by atoms with E-state index >= 15 is 0 Å². The van der Waals surface area contributed by atoms with Crippen LogP contribution in [-0.2, 0) is 17.8 Å². The first-order valence-electron chi connectivity index (χ1n) is 5.99. The number of carbonyl (C=O) groups excluding carboxylic acids is 1. The van der Waals surface area contributed by atoms with Crippen LogP contribution in [0.5, 0.6) is 0 Å². The molecule has 0 saturated carbocycles. The lowest BCUT2D eigenvalue weighted by Gasteiger charge is -2.05. The maximum absolute atomic E-state index is 11.8. The minimum atomic E-state index is -0.0535. The van der Waals surface area contributed by atoms with Crippen LogP contribution in [0.25, 0.3) is 0 Å². The fraction of sp³-hybridized carbons (Fsp3) is 0.286. The number of hydrogen-bond donors (Lipinski definition) is 1. The molecule has 0 saturated heterocycles. The van der Waals surface area contributed by atoms with E-state index in [0.29, 0.717) is 18.0 Å². The number of nitrogens with zero attached hydrogens (tertiary/aromatic N) is 1. The molecule has 0 atom stereocenters. The Morgan fingerprint density at radius 2 is 2.21 bits per heavy atom. The van der Waals surface area contributed by atoms with Gasteiger partial charge in [-0.25, -0.2) is 0 Å². The summed E-state index contributed by atoms with van der Waals surface area (Å²) in [6, 6.07) is 7.28. The Hall–Kier alpha value is -1.81. The minimum Gasteiger partial charge on any atom is -0.361 e. The lowest BCUT2D eigenvalue weighted by molar-refractivity contribution is -0.120.